The van der Waals surface area contributed by atoms with Crippen molar-refractivity contribution in [3.05, 3.63) is 24.1 Å². The highest BCUT2D eigenvalue weighted by molar-refractivity contribution is 5.72. The summed E-state index contributed by atoms with van der Waals surface area (Å²) in [4.78, 5) is 12.6. The molecule has 0 aromatic rings. The Kier molecular flexibility index (Phi) is 11.8. The third-order valence-corrected chi connectivity index (χ3v) is 6.95. The predicted molar refractivity (Wildman–Crippen MR) is 119 cm³/mol. The van der Waals surface area contributed by atoms with Crippen LogP contribution in [0.2, 0.25) is 0 Å². The second-order valence-electron chi connectivity index (χ2n) is 9.28. The van der Waals surface area contributed by atoms with E-state index in [1.165, 1.54) is 57.1 Å². The molecule has 2 aliphatic rings. The Morgan fingerprint density at radius 2 is 1.67 bits per heavy atom. The lowest BCUT2D eigenvalue weighted by atomic mass is 9.79. The molecule has 0 aromatic heterocycles. The van der Waals surface area contributed by atoms with E-state index in [1.807, 2.05) is 6.08 Å². The van der Waals surface area contributed by atoms with Crippen LogP contribution in [-0.2, 0) is 9.53 Å². The Morgan fingerprint density at radius 1 is 1.00 bits per heavy atom. The van der Waals surface area contributed by atoms with Crippen molar-refractivity contribution in [2.45, 2.75) is 109 Å². The SMILES string of the molecule is CCCCCCC1CCC(C(=O)OC2CCC(CCC=CC=C(F)C#N)CC2)CC1. The third-order valence-electron chi connectivity index (χ3n) is 6.95. The van der Waals surface area contributed by atoms with Crippen LogP contribution in [0.25, 0.3) is 0 Å². The molecule has 3 nitrogen and oxygen atoms in total. The first-order valence-corrected chi connectivity index (χ1v) is 12.2. The zero-order valence-corrected chi connectivity index (χ0v) is 18.8. The van der Waals surface area contributed by atoms with Crippen LogP contribution in [0, 0.1) is 29.1 Å². The highest BCUT2D eigenvalue weighted by atomic mass is 19.1. The van der Waals surface area contributed by atoms with Gasteiger partial charge in [0.15, 0.2) is 5.83 Å². The Balaban J connectivity index is 1.57. The highest BCUT2D eigenvalue weighted by Gasteiger charge is 2.30. The van der Waals surface area contributed by atoms with Gasteiger partial charge in [0, 0.05) is 0 Å². The Bertz CT molecular complexity index is 591. The number of esters is 1. The molecule has 0 saturated heterocycles. The second-order valence-corrected chi connectivity index (χ2v) is 9.28. The van der Waals surface area contributed by atoms with Crippen molar-refractivity contribution in [3.8, 4) is 6.07 Å². The maximum Gasteiger partial charge on any atom is 0.309 e. The van der Waals surface area contributed by atoms with Gasteiger partial charge in [-0.05, 0) is 82.1 Å². The molecule has 0 aliphatic heterocycles. The zero-order chi connectivity index (χ0) is 21.6. The Labute approximate surface area is 182 Å². The summed E-state index contributed by atoms with van der Waals surface area (Å²) in [6.07, 6.45) is 22.0. The van der Waals surface area contributed by atoms with Crippen molar-refractivity contribution >= 4 is 5.97 Å². The average Bonchev–Trinajstić information content (AvgIpc) is 2.77. The lowest BCUT2D eigenvalue weighted by Crippen LogP contribution is -2.30. The van der Waals surface area contributed by atoms with Gasteiger partial charge >= 0.3 is 5.97 Å². The van der Waals surface area contributed by atoms with E-state index < -0.39 is 5.83 Å². The van der Waals surface area contributed by atoms with E-state index in [0.29, 0.717) is 5.92 Å². The number of rotatable bonds is 11. The van der Waals surface area contributed by atoms with Crippen LogP contribution in [0.15, 0.2) is 24.1 Å². The summed E-state index contributed by atoms with van der Waals surface area (Å²) in [5.74, 6) is 0.896. The monoisotopic (exact) mass is 417 g/mol. The van der Waals surface area contributed by atoms with Crippen molar-refractivity contribution in [2.75, 3.05) is 0 Å². The van der Waals surface area contributed by atoms with Crippen LogP contribution in [0.3, 0.4) is 0 Å². The molecule has 2 fully saturated rings. The first-order chi connectivity index (χ1) is 14.6. The van der Waals surface area contributed by atoms with E-state index in [1.54, 1.807) is 6.08 Å². The molecule has 30 heavy (non-hydrogen) atoms. The Morgan fingerprint density at radius 3 is 2.33 bits per heavy atom. The molecule has 0 spiro atoms. The summed E-state index contributed by atoms with van der Waals surface area (Å²) in [6, 6.07) is 1.47. The topological polar surface area (TPSA) is 50.1 Å². The minimum Gasteiger partial charge on any atom is -0.462 e. The molecule has 4 heteroatoms. The van der Waals surface area contributed by atoms with E-state index in [4.69, 9.17) is 10.00 Å². The molecule has 0 heterocycles. The summed E-state index contributed by atoms with van der Waals surface area (Å²) in [5.41, 5.74) is 0. The smallest absolute Gasteiger partial charge is 0.309 e. The van der Waals surface area contributed by atoms with Crippen molar-refractivity contribution in [1.29, 1.82) is 5.26 Å². The van der Waals surface area contributed by atoms with Gasteiger partial charge in [0.2, 0.25) is 0 Å². The lowest BCUT2D eigenvalue weighted by Gasteiger charge is -2.31. The fourth-order valence-corrected chi connectivity index (χ4v) is 4.96. The predicted octanol–water partition coefficient (Wildman–Crippen LogP) is 7.58. The summed E-state index contributed by atoms with van der Waals surface area (Å²) in [7, 11) is 0. The molecule has 0 bridgehead atoms. The summed E-state index contributed by atoms with van der Waals surface area (Å²) >= 11 is 0. The zero-order valence-electron chi connectivity index (χ0n) is 18.8. The van der Waals surface area contributed by atoms with Gasteiger partial charge in [-0.2, -0.15) is 9.65 Å². The lowest BCUT2D eigenvalue weighted by molar-refractivity contribution is -0.157. The van der Waals surface area contributed by atoms with Crippen molar-refractivity contribution < 1.29 is 13.9 Å². The van der Waals surface area contributed by atoms with Crippen LogP contribution >= 0.6 is 0 Å². The van der Waals surface area contributed by atoms with Crippen LogP contribution in [0.1, 0.15) is 103 Å². The van der Waals surface area contributed by atoms with Crippen LogP contribution in [-0.4, -0.2) is 12.1 Å². The number of nitriles is 1. The molecule has 2 rings (SSSR count). The number of allylic oxidation sites excluding steroid dienone is 4. The molecular formula is C26H40FNO2. The van der Waals surface area contributed by atoms with Gasteiger partial charge in [-0.25, -0.2) is 0 Å². The van der Waals surface area contributed by atoms with Crippen molar-refractivity contribution in [2.24, 2.45) is 17.8 Å². The molecule has 2 aliphatic carbocycles. The van der Waals surface area contributed by atoms with E-state index in [2.05, 4.69) is 6.92 Å². The van der Waals surface area contributed by atoms with Gasteiger partial charge in [0.05, 0.1) is 5.92 Å². The third kappa shape index (κ3) is 9.45. The number of carbonyl (C=O) groups is 1. The number of nitrogens with zero attached hydrogens (tertiary/aromatic N) is 1. The normalized spacial score (nSPS) is 27.7. The molecule has 2 saturated carbocycles. The first-order valence-electron chi connectivity index (χ1n) is 12.2. The summed E-state index contributed by atoms with van der Waals surface area (Å²) in [6.45, 7) is 2.25. The molecule has 0 amide bonds. The first kappa shape index (κ1) is 24.6. The number of hydrogen-bond acceptors (Lipinski definition) is 3. The minimum absolute atomic E-state index is 0.0529. The fourth-order valence-electron chi connectivity index (χ4n) is 4.96. The van der Waals surface area contributed by atoms with Crippen LogP contribution in [0.5, 0.6) is 0 Å². The largest absolute Gasteiger partial charge is 0.462 e. The van der Waals surface area contributed by atoms with E-state index in [-0.39, 0.29) is 18.0 Å². The van der Waals surface area contributed by atoms with E-state index >= 15 is 0 Å². The van der Waals surface area contributed by atoms with E-state index in [9.17, 15) is 9.18 Å². The molecule has 0 N–H and O–H groups in total. The van der Waals surface area contributed by atoms with Gasteiger partial charge in [-0.15, -0.1) is 0 Å². The molecular weight excluding hydrogens is 377 g/mol. The van der Waals surface area contributed by atoms with Crippen molar-refractivity contribution in [1.82, 2.24) is 0 Å². The average molecular weight is 418 g/mol. The van der Waals surface area contributed by atoms with Crippen LogP contribution < -0.4 is 0 Å². The summed E-state index contributed by atoms with van der Waals surface area (Å²) < 4.78 is 18.6. The highest BCUT2D eigenvalue weighted by Crippen LogP contribution is 2.34. The maximum absolute atomic E-state index is 12.7. The maximum atomic E-state index is 12.7. The molecule has 0 radical (unpaired) electrons. The number of unbranched alkanes of at least 4 members (excludes halogenated alkanes) is 3. The number of carbonyl (C=O) groups excluding carboxylic acids is 1. The number of ether oxygens (including phenoxy) is 1. The van der Waals surface area contributed by atoms with Crippen LogP contribution in [0.4, 0.5) is 4.39 Å². The van der Waals surface area contributed by atoms with Gasteiger partial charge in [0.1, 0.15) is 12.2 Å². The summed E-state index contributed by atoms with van der Waals surface area (Å²) in [5, 5.41) is 8.36. The second kappa shape index (κ2) is 14.4. The van der Waals surface area contributed by atoms with Crippen molar-refractivity contribution in [3.63, 3.8) is 0 Å². The van der Waals surface area contributed by atoms with Gasteiger partial charge in [-0.1, -0.05) is 51.2 Å². The quantitative estimate of drug-likeness (QED) is 0.151. The van der Waals surface area contributed by atoms with Gasteiger partial charge in [-0.3, -0.25) is 4.79 Å². The minimum atomic E-state index is -0.756. The van der Waals surface area contributed by atoms with E-state index in [0.717, 1.165) is 57.3 Å². The van der Waals surface area contributed by atoms with Gasteiger partial charge in [0.25, 0.3) is 0 Å². The standard InChI is InChI=1S/C26H40FNO2/c1-2-3-4-6-9-21-12-16-23(17-13-21)26(29)30-25-18-14-22(15-19-25)10-7-5-8-11-24(27)20-28/h5,8,11,21-23,25H,2-4,6-7,9-10,12-19H2,1H3. The Hall–Kier alpha value is -1.63. The number of hydrogen-bond donors (Lipinski definition) is 0. The molecule has 0 unspecified atom stereocenters. The number of halogens is 1. The molecule has 0 aromatic carbocycles. The molecule has 0 atom stereocenters. The van der Waals surface area contributed by atoms with Gasteiger partial charge < -0.3 is 4.74 Å². The fraction of sp³-hybridized carbons (Fsp3) is 0.769. The molecule has 168 valence electrons.